The Bertz CT molecular complexity index is 1060. The molecule has 30 heavy (non-hydrogen) atoms. The second-order valence-corrected chi connectivity index (χ2v) is 7.99. The number of benzene rings is 2. The van der Waals surface area contributed by atoms with Crippen molar-refractivity contribution in [1.82, 2.24) is 14.3 Å². The lowest BCUT2D eigenvalue weighted by atomic mass is 10.0. The summed E-state index contributed by atoms with van der Waals surface area (Å²) < 4.78 is 15.8. The number of methoxy groups -OCH3 is 1. The number of aromatic nitrogens is 3. The van der Waals surface area contributed by atoms with Crippen LogP contribution in [0.3, 0.4) is 0 Å². The van der Waals surface area contributed by atoms with Gasteiger partial charge in [0.2, 0.25) is 4.77 Å². The van der Waals surface area contributed by atoms with Crippen molar-refractivity contribution < 1.29 is 14.4 Å². The zero-order valence-electron chi connectivity index (χ0n) is 17.8. The van der Waals surface area contributed by atoms with Crippen molar-refractivity contribution >= 4 is 12.2 Å². The normalized spacial score (nSPS) is 18.5. The Morgan fingerprint density at radius 2 is 1.93 bits per heavy atom. The molecule has 1 aromatic heterocycles. The average Bonchev–Trinajstić information content (AvgIpc) is 3.35. The van der Waals surface area contributed by atoms with Crippen molar-refractivity contribution in [3.63, 3.8) is 0 Å². The topological polar surface area (TPSA) is 45.6 Å². The van der Waals surface area contributed by atoms with Gasteiger partial charge in [-0.25, -0.2) is 0 Å². The maximum atomic E-state index is 5.72. The van der Waals surface area contributed by atoms with Crippen LogP contribution in [0, 0.1) is 4.77 Å². The highest BCUT2D eigenvalue weighted by Crippen LogP contribution is 2.28. The first-order valence-corrected chi connectivity index (χ1v) is 10.9. The van der Waals surface area contributed by atoms with Gasteiger partial charge in [0.15, 0.2) is 12.5 Å². The highest BCUT2D eigenvalue weighted by atomic mass is 32.1. The number of para-hydroxylation sites is 1. The summed E-state index contributed by atoms with van der Waals surface area (Å²) in [6, 6.07) is 16.9. The van der Waals surface area contributed by atoms with E-state index in [2.05, 4.69) is 24.3 Å². The van der Waals surface area contributed by atoms with Gasteiger partial charge in [-0.15, -0.1) is 5.10 Å². The molecule has 2 heterocycles. The Kier molecular flexibility index (Phi) is 6.20. The van der Waals surface area contributed by atoms with E-state index in [1.807, 2.05) is 47.5 Å². The van der Waals surface area contributed by atoms with E-state index in [1.165, 1.54) is 23.3 Å². The van der Waals surface area contributed by atoms with E-state index in [1.54, 1.807) is 7.11 Å². The standard InChI is InChI=1S/C23H28N4O2S/c1-4-29-18-13-11-17(12-14-18)20-9-7-15-26(20)16-27-23(30)25(2)22(24-27)19-8-5-6-10-21(19)28-3/h5-6,8,10-14,20H,4,7,9,15-16H2,1-3H3/p+1/t20-/m1/s1. The maximum absolute atomic E-state index is 5.72. The Morgan fingerprint density at radius 3 is 2.67 bits per heavy atom. The number of ether oxygens (including phenoxy) is 2. The number of quaternary nitrogens is 1. The molecule has 1 aliphatic rings. The fraction of sp³-hybridized carbons (Fsp3) is 0.391. The van der Waals surface area contributed by atoms with Gasteiger partial charge in [0.25, 0.3) is 0 Å². The van der Waals surface area contributed by atoms with E-state index >= 15 is 0 Å². The SMILES string of the molecule is CCOc1ccc([C@H]2CCC[NH+]2Cn2nc(-c3ccccc3OC)n(C)c2=S)cc1. The van der Waals surface area contributed by atoms with Crippen molar-refractivity contribution in [2.45, 2.75) is 32.5 Å². The minimum atomic E-state index is 0.444. The lowest BCUT2D eigenvalue weighted by Gasteiger charge is -2.21. The van der Waals surface area contributed by atoms with Gasteiger partial charge in [-0.3, -0.25) is 0 Å². The van der Waals surface area contributed by atoms with Crippen LogP contribution in [0.4, 0.5) is 0 Å². The molecule has 0 radical (unpaired) electrons. The summed E-state index contributed by atoms with van der Waals surface area (Å²) in [5.41, 5.74) is 2.30. The number of hydrogen-bond acceptors (Lipinski definition) is 4. The van der Waals surface area contributed by atoms with Crippen LogP contribution in [-0.2, 0) is 13.7 Å². The van der Waals surface area contributed by atoms with Gasteiger partial charge in [-0.1, -0.05) is 12.1 Å². The van der Waals surface area contributed by atoms with Crippen LogP contribution in [0.15, 0.2) is 48.5 Å². The fourth-order valence-electron chi connectivity index (χ4n) is 4.31. The summed E-state index contributed by atoms with van der Waals surface area (Å²) in [6.07, 6.45) is 2.37. The van der Waals surface area contributed by atoms with Crippen LogP contribution in [-0.4, -0.2) is 34.6 Å². The van der Waals surface area contributed by atoms with Crippen molar-refractivity contribution in [2.75, 3.05) is 20.3 Å². The van der Waals surface area contributed by atoms with Crippen molar-refractivity contribution in [2.24, 2.45) is 7.05 Å². The van der Waals surface area contributed by atoms with Crippen molar-refractivity contribution in [3.8, 4) is 22.9 Å². The Balaban J connectivity index is 1.59. The predicted octanol–water partition coefficient (Wildman–Crippen LogP) is 3.40. The number of nitrogens with zero attached hydrogens (tertiary/aromatic N) is 3. The van der Waals surface area contributed by atoms with Gasteiger partial charge in [-0.05, 0) is 55.5 Å². The summed E-state index contributed by atoms with van der Waals surface area (Å²) in [5, 5.41) is 4.87. The van der Waals surface area contributed by atoms with E-state index in [0.29, 0.717) is 12.6 Å². The first-order chi connectivity index (χ1) is 14.6. The molecule has 3 aromatic rings. The molecule has 1 aliphatic heterocycles. The van der Waals surface area contributed by atoms with Gasteiger partial charge in [-0.2, -0.15) is 4.68 Å². The van der Waals surface area contributed by atoms with E-state index in [4.69, 9.17) is 26.8 Å². The third-order valence-electron chi connectivity index (χ3n) is 5.82. The zero-order chi connectivity index (χ0) is 21.1. The monoisotopic (exact) mass is 425 g/mol. The van der Waals surface area contributed by atoms with E-state index in [0.717, 1.165) is 40.9 Å². The molecule has 1 N–H and O–H groups in total. The van der Waals surface area contributed by atoms with Gasteiger partial charge in [0.05, 0.1) is 25.8 Å². The van der Waals surface area contributed by atoms with Crippen LogP contribution in [0.5, 0.6) is 11.5 Å². The minimum Gasteiger partial charge on any atom is -0.496 e. The summed E-state index contributed by atoms with van der Waals surface area (Å²) in [4.78, 5) is 1.49. The third kappa shape index (κ3) is 4.00. The van der Waals surface area contributed by atoms with Crippen LogP contribution < -0.4 is 14.4 Å². The number of nitrogens with one attached hydrogen (secondary N) is 1. The maximum Gasteiger partial charge on any atom is 0.202 e. The molecule has 158 valence electrons. The minimum absolute atomic E-state index is 0.444. The van der Waals surface area contributed by atoms with Gasteiger partial charge < -0.3 is 18.9 Å². The number of rotatable bonds is 7. The summed E-state index contributed by atoms with van der Waals surface area (Å²) in [7, 11) is 3.65. The fourth-order valence-corrected chi connectivity index (χ4v) is 4.51. The second kappa shape index (κ2) is 9.02. The predicted molar refractivity (Wildman–Crippen MR) is 119 cm³/mol. The van der Waals surface area contributed by atoms with Crippen molar-refractivity contribution in [1.29, 1.82) is 0 Å². The van der Waals surface area contributed by atoms with Gasteiger partial charge >= 0.3 is 0 Å². The molecule has 4 rings (SSSR count). The second-order valence-electron chi connectivity index (χ2n) is 7.63. The highest BCUT2D eigenvalue weighted by Gasteiger charge is 2.31. The van der Waals surface area contributed by atoms with Gasteiger partial charge in [0.1, 0.15) is 17.5 Å². The number of hydrogen-bond donors (Lipinski definition) is 1. The molecule has 1 saturated heterocycles. The first kappa shape index (κ1) is 20.6. The smallest absolute Gasteiger partial charge is 0.202 e. The van der Waals surface area contributed by atoms with E-state index in [-0.39, 0.29) is 0 Å². The summed E-state index contributed by atoms with van der Waals surface area (Å²) in [5.74, 6) is 2.55. The molecule has 6 nitrogen and oxygen atoms in total. The molecule has 1 fully saturated rings. The molecular weight excluding hydrogens is 396 g/mol. The van der Waals surface area contributed by atoms with Gasteiger partial charge in [0, 0.05) is 25.5 Å². The average molecular weight is 426 g/mol. The summed E-state index contributed by atoms with van der Waals surface area (Å²) in [6.45, 7) is 4.55. The zero-order valence-corrected chi connectivity index (χ0v) is 18.6. The van der Waals surface area contributed by atoms with E-state index < -0.39 is 0 Å². The molecule has 2 atom stereocenters. The largest absolute Gasteiger partial charge is 0.496 e. The molecule has 0 aliphatic carbocycles. The molecule has 7 heteroatoms. The molecule has 2 aromatic carbocycles. The molecule has 0 bridgehead atoms. The van der Waals surface area contributed by atoms with Crippen LogP contribution in [0.2, 0.25) is 0 Å². The molecule has 0 amide bonds. The lowest BCUT2D eigenvalue weighted by Crippen LogP contribution is -3.09. The van der Waals surface area contributed by atoms with E-state index in [9.17, 15) is 0 Å². The van der Waals surface area contributed by atoms with Crippen LogP contribution in [0.1, 0.15) is 31.4 Å². The van der Waals surface area contributed by atoms with Crippen LogP contribution >= 0.6 is 12.2 Å². The first-order valence-electron chi connectivity index (χ1n) is 10.5. The lowest BCUT2D eigenvalue weighted by molar-refractivity contribution is -0.941. The number of likely N-dealkylation sites (tertiary alicyclic amines) is 1. The Morgan fingerprint density at radius 1 is 1.17 bits per heavy atom. The Labute approximate surface area is 182 Å². The molecule has 1 unspecified atom stereocenters. The molecule has 0 saturated carbocycles. The Hall–Kier alpha value is -2.64. The quantitative estimate of drug-likeness (QED) is 0.590. The van der Waals surface area contributed by atoms with Crippen LogP contribution in [0.25, 0.3) is 11.4 Å². The third-order valence-corrected chi connectivity index (χ3v) is 6.30. The molecular formula is C23H29N4O2S+. The highest BCUT2D eigenvalue weighted by molar-refractivity contribution is 7.71. The summed E-state index contributed by atoms with van der Waals surface area (Å²) >= 11 is 5.72. The van der Waals surface area contributed by atoms with Crippen molar-refractivity contribution in [3.05, 3.63) is 58.9 Å². The molecule has 0 spiro atoms.